The van der Waals surface area contributed by atoms with Crippen LogP contribution in [-0.4, -0.2) is 16.4 Å². The monoisotopic (exact) mass is 292 g/mol. The number of nitrogens with one attached hydrogen (secondary N) is 1. The van der Waals surface area contributed by atoms with E-state index < -0.39 is 5.41 Å². The molecule has 4 heteroatoms. The van der Waals surface area contributed by atoms with E-state index in [-0.39, 0.29) is 11.4 Å². The zero-order valence-electron chi connectivity index (χ0n) is 12.0. The molecule has 5 rings (SSSR count). The summed E-state index contributed by atoms with van der Waals surface area (Å²) in [6, 6.07) is 0. The van der Waals surface area contributed by atoms with Crippen molar-refractivity contribution in [2.45, 2.75) is 63.3 Å². The quantitative estimate of drug-likeness (QED) is 0.786. The Balaban J connectivity index is 1.54. The van der Waals surface area contributed by atoms with Crippen LogP contribution in [0.2, 0.25) is 0 Å². The summed E-state index contributed by atoms with van der Waals surface area (Å²) in [4.78, 5) is 13.2. The van der Waals surface area contributed by atoms with Crippen molar-refractivity contribution >= 4 is 23.1 Å². The third-order valence-electron chi connectivity index (χ3n) is 6.53. The fourth-order valence-corrected chi connectivity index (χ4v) is 6.04. The van der Waals surface area contributed by atoms with Gasteiger partial charge in [0.1, 0.15) is 0 Å². The van der Waals surface area contributed by atoms with E-state index in [0.29, 0.717) is 4.99 Å². The standard InChI is InChI=1S/C16H24N2OS/c17-13(20)16(2-1-3-16)14(19)18-15-7-10-4-11(8-15)6-12(5-10)9-15/h10-12H,1-9H2,(H2,17,20)(H,18,19). The van der Waals surface area contributed by atoms with Crippen LogP contribution in [0.15, 0.2) is 0 Å². The molecule has 0 aromatic rings. The molecule has 0 radical (unpaired) electrons. The first-order valence-corrected chi connectivity index (χ1v) is 8.55. The topological polar surface area (TPSA) is 55.1 Å². The number of thiocarbonyl (C=S) groups is 1. The number of amides is 1. The Morgan fingerprint density at radius 1 is 1.05 bits per heavy atom. The molecule has 0 spiro atoms. The third-order valence-corrected chi connectivity index (χ3v) is 6.92. The van der Waals surface area contributed by atoms with Crippen LogP contribution < -0.4 is 11.1 Å². The molecule has 5 fully saturated rings. The lowest BCUT2D eigenvalue weighted by molar-refractivity contribution is -0.136. The zero-order chi connectivity index (χ0) is 14.0. The number of rotatable bonds is 3. The SMILES string of the molecule is NC(=S)C1(C(=O)NC23CC4CC(CC(C4)C2)C3)CCC1. The molecule has 3 N–H and O–H groups in total. The van der Waals surface area contributed by atoms with Crippen LogP contribution in [-0.2, 0) is 4.79 Å². The molecule has 0 aromatic heterocycles. The van der Waals surface area contributed by atoms with Crippen molar-refractivity contribution in [3.05, 3.63) is 0 Å². The van der Waals surface area contributed by atoms with Gasteiger partial charge in [-0.15, -0.1) is 0 Å². The van der Waals surface area contributed by atoms with Crippen LogP contribution in [0.1, 0.15) is 57.8 Å². The second-order valence-corrected chi connectivity index (χ2v) is 8.39. The van der Waals surface area contributed by atoms with E-state index in [4.69, 9.17) is 18.0 Å². The molecule has 0 aliphatic heterocycles. The summed E-state index contributed by atoms with van der Waals surface area (Å²) < 4.78 is 0. The minimum atomic E-state index is -0.515. The van der Waals surface area contributed by atoms with E-state index in [0.717, 1.165) is 37.0 Å². The van der Waals surface area contributed by atoms with E-state index in [1.807, 2.05) is 0 Å². The Bertz CT molecular complexity index is 434. The van der Waals surface area contributed by atoms with Gasteiger partial charge in [-0.2, -0.15) is 0 Å². The van der Waals surface area contributed by atoms with Crippen molar-refractivity contribution < 1.29 is 4.79 Å². The molecule has 20 heavy (non-hydrogen) atoms. The highest BCUT2D eigenvalue weighted by molar-refractivity contribution is 7.80. The van der Waals surface area contributed by atoms with Crippen LogP contribution in [0, 0.1) is 23.2 Å². The fourth-order valence-electron chi connectivity index (χ4n) is 5.74. The van der Waals surface area contributed by atoms with Gasteiger partial charge in [-0.1, -0.05) is 18.6 Å². The summed E-state index contributed by atoms with van der Waals surface area (Å²) >= 11 is 5.18. The van der Waals surface area contributed by atoms with Gasteiger partial charge < -0.3 is 11.1 Å². The van der Waals surface area contributed by atoms with Gasteiger partial charge >= 0.3 is 0 Å². The molecule has 0 atom stereocenters. The first-order chi connectivity index (χ1) is 9.51. The van der Waals surface area contributed by atoms with Crippen molar-refractivity contribution in [1.82, 2.24) is 5.32 Å². The number of hydrogen-bond donors (Lipinski definition) is 2. The minimum absolute atomic E-state index is 0.0825. The Labute approximate surface area is 126 Å². The molecule has 110 valence electrons. The van der Waals surface area contributed by atoms with E-state index in [1.165, 1.54) is 38.5 Å². The fraction of sp³-hybridized carbons (Fsp3) is 0.875. The van der Waals surface area contributed by atoms with Crippen LogP contribution >= 0.6 is 12.2 Å². The molecule has 0 aromatic carbocycles. The van der Waals surface area contributed by atoms with Gasteiger partial charge in [0.05, 0.1) is 10.4 Å². The maximum absolute atomic E-state index is 12.8. The summed E-state index contributed by atoms with van der Waals surface area (Å²) in [7, 11) is 0. The van der Waals surface area contributed by atoms with E-state index >= 15 is 0 Å². The van der Waals surface area contributed by atoms with Crippen LogP contribution in [0.5, 0.6) is 0 Å². The normalized spacial score (nSPS) is 43.9. The van der Waals surface area contributed by atoms with Crippen molar-refractivity contribution in [1.29, 1.82) is 0 Å². The first kappa shape index (κ1) is 13.1. The number of hydrogen-bond acceptors (Lipinski definition) is 2. The van der Waals surface area contributed by atoms with Gasteiger partial charge in [0.2, 0.25) is 5.91 Å². The highest BCUT2D eigenvalue weighted by atomic mass is 32.1. The lowest BCUT2D eigenvalue weighted by Crippen LogP contribution is -2.64. The van der Waals surface area contributed by atoms with Crippen molar-refractivity contribution in [2.75, 3.05) is 0 Å². The molecule has 0 heterocycles. The Morgan fingerprint density at radius 2 is 1.55 bits per heavy atom. The molecular formula is C16H24N2OS. The number of carbonyl (C=O) groups is 1. The molecule has 5 saturated carbocycles. The Kier molecular flexibility index (Phi) is 2.73. The van der Waals surface area contributed by atoms with Gasteiger partial charge in [0, 0.05) is 5.54 Å². The van der Waals surface area contributed by atoms with Crippen molar-refractivity contribution in [3.8, 4) is 0 Å². The van der Waals surface area contributed by atoms with Gasteiger partial charge in [0.25, 0.3) is 0 Å². The van der Waals surface area contributed by atoms with Crippen LogP contribution in [0.3, 0.4) is 0 Å². The van der Waals surface area contributed by atoms with Crippen LogP contribution in [0.4, 0.5) is 0 Å². The lowest BCUT2D eigenvalue weighted by atomic mass is 9.52. The summed E-state index contributed by atoms with van der Waals surface area (Å²) in [5.74, 6) is 2.69. The summed E-state index contributed by atoms with van der Waals surface area (Å²) in [6.07, 6.45) is 10.5. The molecular weight excluding hydrogens is 268 g/mol. The van der Waals surface area contributed by atoms with Gasteiger partial charge in [-0.05, 0) is 69.1 Å². The molecule has 0 unspecified atom stereocenters. The van der Waals surface area contributed by atoms with E-state index in [1.54, 1.807) is 0 Å². The summed E-state index contributed by atoms with van der Waals surface area (Å²) in [5, 5.41) is 3.44. The van der Waals surface area contributed by atoms with Gasteiger partial charge in [-0.3, -0.25) is 4.79 Å². The van der Waals surface area contributed by atoms with Crippen LogP contribution in [0.25, 0.3) is 0 Å². The molecule has 1 amide bonds. The number of nitrogens with two attached hydrogens (primary N) is 1. The Hall–Kier alpha value is -0.640. The molecule has 3 nitrogen and oxygen atoms in total. The second kappa shape index (κ2) is 4.19. The average molecular weight is 292 g/mol. The predicted octanol–water partition coefficient (Wildman–Crippen LogP) is 2.53. The predicted molar refractivity (Wildman–Crippen MR) is 82.1 cm³/mol. The molecule has 0 saturated heterocycles. The lowest BCUT2D eigenvalue weighted by Gasteiger charge is -2.57. The Morgan fingerprint density at radius 3 is 1.90 bits per heavy atom. The molecule has 5 aliphatic rings. The maximum Gasteiger partial charge on any atom is 0.233 e. The van der Waals surface area contributed by atoms with Gasteiger partial charge in [0.15, 0.2) is 0 Å². The molecule has 4 bridgehead atoms. The second-order valence-electron chi connectivity index (χ2n) is 7.95. The van der Waals surface area contributed by atoms with Crippen molar-refractivity contribution in [3.63, 3.8) is 0 Å². The number of carbonyl (C=O) groups excluding carboxylic acids is 1. The molecule has 5 aliphatic carbocycles. The first-order valence-electron chi connectivity index (χ1n) is 8.14. The summed E-state index contributed by atoms with van der Waals surface area (Å²) in [5.41, 5.74) is 5.44. The van der Waals surface area contributed by atoms with E-state index in [2.05, 4.69) is 5.32 Å². The highest BCUT2D eigenvalue weighted by Gasteiger charge is 2.54. The van der Waals surface area contributed by atoms with Crippen molar-refractivity contribution in [2.24, 2.45) is 28.9 Å². The van der Waals surface area contributed by atoms with Gasteiger partial charge in [-0.25, -0.2) is 0 Å². The van der Waals surface area contributed by atoms with E-state index in [9.17, 15) is 4.79 Å². The smallest absolute Gasteiger partial charge is 0.233 e. The summed E-state index contributed by atoms with van der Waals surface area (Å²) in [6.45, 7) is 0. The largest absolute Gasteiger partial charge is 0.392 e. The maximum atomic E-state index is 12.8. The zero-order valence-corrected chi connectivity index (χ0v) is 12.8. The highest BCUT2D eigenvalue weighted by Crippen LogP contribution is 2.56. The average Bonchev–Trinajstić information content (AvgIpc) is 2.22. The minimum Gasteiger partial charge on any atom is -0.392 e. The third kappa shape index (κ3) is 1.76.